The first kappa shape index (κ1) is 9.44. The Kier molecular flexibility index (Phi) is 3.19. The second-order valence-corrected chi connectivity index (χ2v) is 4.32. The van der Waals surface area contributed by atoms with E-state index in [1.807, 2.05) is 0 Å². The van der Waals surface area contributed by atoms with Crippen LogP contribution in [0.2, 0.25) is 0 Å². The third-order valence-electron chi connectivity index (χ3n) is 3.37. The fraction of sp³-hybridized carbons (Fsp3) is 1.00. The first-order chi connectivity index (χ1) is 6.36. The summed E-state index contributed by atoms with van der Waals surface area (Å²) >= 11 is 0. The van der Waals surface area contributed by atoms with E-state index in [1.54, 1.807) is 0 Å². The Bertz CT molecular complexity index is 156. The number of nitrogens with zero attached hydrogens (tertiary/aromatic N) is 2. The van der Waals surface area contributed by atoms with Crippen LogP contribution in [0.5, 0.6) is 0 Å². The van der Waals surface area contributed by atoms with Crippen molar-refractivity contribution in [3.8, 4) is 0 Å². The number of rotatable bonds is 3. The van der Waals surface area contributed by atoms with Crippen LogP contribution in [0.3, 0.4) is 0 Å². The van der Waals surface area contributed by atoms with Crippen molar-refractivity contribution < 1.29 is 0 Å². The summed E-state index contributed by atoms with van der Waals surface area (Å²) in [6, 6.07) is 0.773. The molecule has 0 unspecified atom stereocenters. The lowest BCUT2D eigenvalue weighted by Crippen LogP contribution is -2.51. The first-order valence-electron chi connectivity index (χ1n) is 5.49. The molecule has 3 heteroatoms. The molecule has 76 valence electrons. The van der Waals surface area contributed by atoms with Gasteiger partial charge in [0.15, 0.2) is 0 Å². The van der Waals surface area contributed by atoms with Crippen LogP contribution in [0.15, 0.2) is 0 Å². The van der Waals surface area contributed by atoms with Crippen LogP contribution in [0.25, 0.3) is 0 Å². The summed E-state index contributed by atoms with van der Waals surface area (Å²) in [5, 5.41) is 3.46. The molecule has 0 amide bonds. The zero-order chi connectivity index (χ0) is 9.10. The van der Waals surface area contributed by atoms with E-state index in [-0.39, 0.29) is 0 Å². The van der Waals surface area contributed by atoms with Crippen LogP contribution in [0.1, 0.15) is 12.8 Å². The van der Waals surface area contributed by atoms with Crippen LogP contribution in [-0.4, -0.2) is 62.2 Å². The molecule has 2 rings (SSSR count). The predicted octanol–water partition coefficient (Wildman–Crippen LogP) is -0.0142. The largest absolute Gasteiger partial charge is 0.314 e. The molecule has 1 atom stereocenters. The molecule has 3 nitrogen and oxygen atoms in total. The van der Waals surface area contributed by atoms with Crippen LogP contribution in [0.4, 0.5) is 0 Å². The highest BCUT2D eigenvalue weighted by Crippen LogP contribution is 2.10. The van der Waals surface area contributed by atoms with Crippen LogP contribution >= 0.6 is 0 Å². The zero-order valence-corrected chi connectivity index (χ0v) is 8.63. The van der Waals surface area contributed by atoms with Gasteiger partial charge in [0.2, 0.25) is 0 Å². The molecule has 0 radical (unpaired) electrons. The van der Waals surface area contributed by atoms with E-state index >= 15 is 0 Å². The molecule has 0 aromatic carbocycles. The summed E-state index contributed by atoms with van der Waals surface area (Å²) in [6.45, 7) is 7.54. The average molecular weight is 183 g/mol. The lowest BCUT2D eigenvalue weighted by atomic mass is 10.1. The fourth-order valence-electron chi connectivity index (χ4n) is 2.12. The summed E-state index contributed by atoms with van der Waals surface area (Å²) in [5.74, 6) is 0. The number of hydrogen-bond donors (Lipinski definition) is 1. The second-order valence-electron chi connectivity index (χ2n) is 4.32. The Morgan fingerprint density at radius 3 is 2.77 bits per heavy atom. The lowest BCUT2D eigenvalue weighted by Gasteiger charge is -2.37. The molecule has 0 saturated carbocycles. The van der Waals surface area contributed by atoms with Crippen molar-refractivity contribution in [3.05, 3.63) is 0 Å². The molecule has 0 aliphatic carbocycles. The molecule has 1 N–H and O–H groups in total. The zero-order valence-electron chi connectivity index (χ0n) is 8.63. The molecule has 2 saturated heterocycles. The van der Waals surface area contributed by atoms with Crippen molar-refractivity contribution in [1.29, 1.82) is 0 Å². The van der Waals surface area contributed by atoms with Gasteiger partial charge in [-0.3, -0.25) is 0 Å². The van der Waals surface area contributed by atoms with Gasteiger partial charge in [-0.15, -0.1) is 0 Å². The minimum absolute atomic E-state index is 0.773. The van der Waals surface area contributed by atoms with Gasteiger partial charge in [0.05, 0.1) is 0 Å². The molecule has 0 aromatic heterocycles. The number of nitrogens with one attached hydrogen (secondary N) is 1. The molecule has 2 aliphatic rings. The molecule has 0 bridgehead atoms. The molecular formula is C10H21N3. The third-order valence-corrected chi connectivity index (χ3v) is 3.37. The monoisotopic (exact) mass is 183 g/mol. The SMILES string of the molecule is CN1CCNC[C@@H]1CCN1CCC1. The molecular weight excluding hydrogens is 162 g/mol. The maximum absolute atomic E-state index is 3.46. The third kappa shape index (κ3) is 2.42. The van der Waals surface area contributed by atoms with Gasteiger partial charge >= 0.3 is 0 Å². The van der Waals surface area contributed by atoms with Gasteiger partial charge in [-0.05, 0) is 39.5 Å². The van der Waals surface area contributed by atoms with Crippen LogP contribution in [-0.2, 0) is 0 Å². The molecule has 2 heterocycles. The van der Waals surface area contributed by atoms with E-state index in [2.05, 4.69) is 22.2 Å². The summed E-state index contributed by atoms with van der Waals surface area (Å²) < 4.78 is 0. The number of likely N-dealkylation sites (N-methyl/N-ethyl adjacent to an activating group) is 1. The van der Waals surface area contributed by atoms with E-state index in [1.165, 1.54) is 45.6 Å². The van der Waals surface area contributed by atoms with Gasteiger partial charge in [0.25, 0.3) is 0 Å². The molecule has 0 spiro atoms. The Balaban J connectivity index is 1.66. The van der Waals surface area contributed by atoms with Gasteiger partial charge in [-0.25, -0.2) is 0 Å². The topological polar surface area (TPSA) is 18.5 Å². The number of hydrogen-bond acceptors (Lipinski definition) is 3. The van der Waals surface area contributed by atoms with Crippen LogP contribution in [0, 0.1) is 0 Å². The number of piperazine rings is 1. The molecule has 0 aromatic rings. The predicted molar refractivity (Wildman–Crippen MR) is 55.0 cm³/mol. The van der Waals surface area contributed by atoms with E-state index in [0.29, 0.717) is 0 Å². The van der Waals surface area contributed by atoms with E-state index in [0.717, 1.165) is 12.6 Å². The van der Waals surface area contributed by atoms with E-state index in [4.69, 9.17) is 0 Å². The quantitative estimate of drug-likeness (QED) is 0.664. The minimum Gasteiger partial charge on any atom is -0.314 e. The lowest BCUT2D eigenvalue weighted by molar-refractivity contribution is 0.134. The smallest absolute Gasteiger partial charge is 0.0230 e. The Morgan fingerprint density at radius 1 is 1.31 bits per heavy atom. The number of likely N-dealkylation sites (tertiary alicyclic amines) is 1. The Hall–Kier alpha value is -0.120. The van der Waals surface area contributed by atoms with Gasteiger partial charge in [0, 0.05) is 25.7 Å². The maximum Gasteiger partial charge on any atom is 0.0230 e. The summed E-state index contributed by atoms with van der Waals surface area (Å²) in [5.41, 5.74) is 0. The Labute approximate surface area is 81.1 Å². The van der Waals surface area contributed by atoms with E-state index in [9.17, 15) is 0 Å². The first-order valence-corrected chi connectivity index (χ1v) is 5.49. The van der Waals surface area contributed by atoms with Crippen molar-refractivity contribution in [1.82, 2.24) is 15.1 Å². The summed E-state index contributed by atoms with van der Waals surface area (Å²) in [4.78, 5) is 5.05. The fourth-order valence-corrected chi connectivity index (χ4v) is 2.12. The minimum atomic E-state index is 0.773. The highest BCUT2D eigenvalue weighted by atomic mass is 15.2. The Morgan fingerprint density at radius 2 is 2.15 bits per heavy atom. The van der Waals surface area contributed by atoms with Crippen molar-refractivity contribution in [3.63, 3.8) is 0 Å². The van der Waals surface area contributed by atoms with Gasteiger partial charge in [-0.2, -0.15) is 0 Å². The highest BCUT2D eigenvalue weighted by molar-refractivity contribution is 4.79. The van der Waals surface area contributed by atoms with Crippen molar-refractivity contribution in [2.45, 2.75) is 18.9 Å². The molecule has 13 heavy (non-hydrogen) atoms. The van der Waals surface area contributed by atoms with E-state index < -0.39 is 0 Å². The van der Waals surface area contributed by atoms with Crippen molar-refractivity contribution >= 4 is 0 Å². The normalized spacial score (nSPS) is 31.6. The van der Waals surface area contributed by atoms with Crippen LogP contribution < -0.4 is 5.32 Å². The second kappa shape index (κ2) is 4.40. The van der Waals surface area contributed by atoms with Gasteiger partial charge in [-0.1, -0.05) is 0 Å². The van der Waals surface area contributed by atoms with Crippen molar-refractivity contribution in [2.75, 3.05) is 46.3 Å². The highest BCUT2D eigenvalue weighted by Gasteiger charge is 2.20. The van der Waals surface area contributed by atoms with Gasteiger partial charge in [0.1, 0.15) is 0 Å². The van der Waals surface area contributed by atoms with Crippen molar-refractivity contribution in [2.24, 2.45) is 0 Å². The van der Waals surface area contributed by atoms with Gasteiger partial charge < -0.3 is 15.1 Å². The maximum atomic E-state index is 3.46. The standard InChI is InChI=1S/C10H21N3/c1-12-8-4-11-9-10(12)3-7-13-5-2-6-13/h10-11H,2-9H2,1H3/t10-/m0/s1. The molecule has 2 aliphatic heterocycles. The molecule has 2 fully saturated rings. The summed E-state index contributed by atoms with van der Waals surface area (Å²) in [6.07, 6.45) is 2.75. The summed E-state index contributed by atoms with van der Waals surface area (Å²) in [7, 11) is 2.25. The average Bonchev–Trinajstić information content (AvgIpc) is 2.05.